The Morgan fingerprint density at radius 3 is 2.61 bits per heavy atom. The van der Waals surface area contributed by atoms with Crippen LogP contribution in [0.2, 0.25) is 0 Å². The number of aromatic amines is 1. The first kappa shape index (κ1) is 23.5. The zero-order chi connectivity index (χ0) is 22.6. The van der Waals surface area contributed by atoms with Crippen LogP contribution in [0.15, 0.2) is 30.5 Å². The molecule has 1 aromatic carbocycles. The number of hydrogen-bond donors (Lipinski definition) is 6. The number of fused-ring (bicyclic) bond motifs is 1. The van der Waals surface area contributed by atoms with Crippen LogP contribution in [-0.2, 0) is 20.6 Å². The van der Waals surface area contributed by atoms with E-state index in [1.165, 1.54) is 0 Å². The van der Waals surface area contributed by atoms with Crippen LogP contribution in [-0.4, -0.2) is 51.0 Å². The van der Waals surface area contributed by atoms with Crippen LogP contribution in [0.25, 0.3) is 10.9 Å². The van der Waals surface area contributed by atoms with E-state index in [9.17, 15) is 23.9 Å². The minimum Gasteiger partial charge on any atom is -0.361 e. The third kappa shape index (κ3) is 6.17. The molecule has 31 heavy (non-hydrogen) atoms. The van der Waals surface area contributed by atoms with E-state index in [4.69, 9.17) is 0 Å². The predicted molar refractivity (Wildman–Crippen MR) is 118 cm³/mol. The van der Waals surface area contributed by atoms with Crippen molar-refractivity contribution in [1.82, 2.24) is 20.9 Å². The molecule has 2 amide bonds. The highest BCUT2D eigenvalue weighted by Gasteiger charge is 2.34. The number of amides is 2. The molecule has 2 heterocycles. The molecule has 0 saturated carbocycles. The smallest absolute Gasteiger partial charge is 0.347 e. The summed E-state index contributed by atoms with van der Waals surface area (Å²) in [5.41, 5.74) is 1.55. The number of carbonyl (C=O) groups excluding carboxylic acids is 2. The third-order valence-electron chi connectivity index (χ3n) is 5.52. The van der Waals surface area contributed by atoms with E-state index in [0.29, 0.717) is 18.4 Å². The first-order valence-electron chi connectivity index (χ1n) is 10.6. The van der Waals surface area contributed by atoms with E-state index in [2.05, 4.69) is 20.9 Å². The number of H-pyrrole nitrogens is 1. The van der Waals surface area contributed by atoms with E-state index < -0.39 is 25.3 Å². The molecule has 1 fully saturated rings. The Kier molecular flexibility index (Phi) is 7.54. The Balaban J connectivity index is 1.75. The van der Waals surface area contributed by atoms with Gasteiger partial charge in [0.2, 0.25) is 11.8 Å². The second-order valence-corrected chi connectivity index (χ2v) is 10.3. The number of para-hydroxylation sites is 1. The number of nitrogens with one attached hydrogen (secondary N) is 4. The van der Waals surface area contributed by atoms with Gasteiger partial charge in [-0.15, -0.1) is 0 Å². The maximum atomic E-state index is 13.0. The fourth-order valence-electron chi connectivity index (χ4n) is 3.91. The van der Waals surface area contributed by atoms with Gasteiger partial charge >= 0.3 is 7.60 Å². The summed E-state index contributed by atoms with van der Waals surface area (Å²) in [6.45, 7) is 4.60. The lowest BCUT2D eigenvalue weighted by Gasteiger charge is -2.26. The van der Waals surface area contributed by atoms with Crippen molar-refractivity contribution in [2.24, 2.45) is 5.92 Å². The van der Waals surface area contributed by atoms with Gasteiger partial charge in [-0.2, -0.15) is 0 Å². The summed E-state index contributed by atoms with van der Waals surface area (Å²) in [5, 5.41) is 9.21. The Morgan fingerprint density at radius 1 is 1.23 bits per heavy atom. The molecule has 1 aromatic heterocycles. The standard InChI is InChI=1S/C21H31N4O5P/c1-13(2)10-18(24-20(26)17-8-5-9-22-17)21(27)25-19(31(28,29)30)11-14-12-23-16-7-4-3-6-15(14)16/h3-4,6-7,12-13,17-19,22-23H,5,8-11H2,1-2H3,(H,24,26)(H,25,27)(H2,28,29,30)/t17-,18-,19+/m0/s1. The monoisotopic (exact) mass is 450 g/mol. The van der Waals surface area contributed by atoms with Crippen LogP contribution >= 0.6 is 7.60 Å². The number of benzene rings is 1. The lowest BCUT2D eigenvalue weighted by Crippen LogP contribution is -2.53. The molecular weight excluding hydrogens is 419 g/mol. The van der Waals surface area contributed by atoms with Crippen molar-refractivity contribution in [2.45, 2.75) is 57.4 Å². The molecule has 0 spiro atoms. The molecule has 9 nitrogen and oxygen atoms in total. The Labute approximate surface area is 181 Å². The molecule has 1 aliphatic rings. The predicted octanol–water partition coefficient (Wildman–Crippen LogP) is 1.61. The van der Waals surface area contributed by atoms with Crippen molar-refractivity contribution in [2.75, 3.05) is 6.54 Å². The molecular formula is C21H31N4O5P. The SMILES string of the molecule is CC(C)C[C@H](NC(=O)[C@@H]1CCCN1)C(=O)N[C@@H](Cc1c[nH]c2ccccc12)P(=O)(O)O. The summed E-state index contributed by atoms with van der Waals surface area (Å²) in [6, 6.07) is 6.23. The van der Waals surface area contributed by atoms with Crippen LogP contribution < -0.4 is 16.0 Å². The average Bonchev–Trinajstić information content (AvgIpc) is 3.36. The molecule has 0 radical (unpaired) electrons. The maximum absolute atomic E-state index is 13.0. The first-order chi connectivity index (χ1) is 14.6. The number of carbonyl (C=O) groups is 2. The van der Waals surface area contributed by atoms with Crippen LogP contribution in [0.3, 0.4) is 0 Å². The van der Waals surface area contributed by atoms with E-state index in [0.717, 1.165) is 23.9 Å². The lowest BCUT2D eigenvalue weighted by atomic mass is 10.0. The van der Waals surface area contributed by atoms with Gasteiger partial charge in [0.1, 0.15) is 11.8 Å². The fourth-order valence-corrected chi connectivity index (χ4v) is 4.64. The summed E-state index contributed by atoms with van der Waals surface area (Å²) in [6.07, 6.45) is 3.62. The van der Waals surface area contributed by atoms with E-state index in [1.54, 1.807) is 6.20 Å². The topological polar surface area (TPSA) is 144 Å². The van der Waals surface area contributed by atoms with Gasteiger partial charge in [-0.05, 0) is 43.4 Å². The first-order valence-corrected chi connectivity index (χ1v) is 12.3. The summed E-state index contributed by atoms with van der Waals surface area (Å²) >= 11 is 0. The second-order valence-electron chi connectivity index (χ2n) is 8.52. The fraction of sp³-hybridized carbons (Fsp3) is 0.524. The van der Waals surface area contributed by atoms with Crippen LogP contribution in [0, 0.1) is 5.92 Å². The largest absolute Gasteiger partial charge is 0.361 e. The molecule has 1 aliphatic heterocycles. The van der Waals surface area contributed by atoms with Gasteiger partial charge in [0.05, 0.1) is 6.04 Å². The summed E-state index contributed by atoms with van der Waals surface area (Å²) in [5.74, 6) is -2.14. The van der Waals surface area contributed by atoms with Gasteiger partial charge in [-0.3, -0.25) is 14.2 Å². The molecule has 3 atom stereocenters. The van der Waals surface area contributed by atoms with Gasteiger partial charge in [-0.25, -0.2) is 0 Å². The third-order valence-corrected chi connectivity index (χ3v) is 6.64. The molecule has 6 N–H and O–H groups in total. The Morgan fingerprint density at radius 2 is 1.97 bits per heavy atom. The molecule has 10 heteroatoms. The summed E-state index contributed by atoms with van der Waals surface area (Å²) < 4.78 is 12.2. The normalized spacial score (nSPS) is 18.8. The Hall–Kier alpha value is -2.19. The lowest BCUT2D eigenvalue weighted by molar-refractivity contribution is -0.130. The zero-order valence-corrected chi connectivity index (χ0v) is 18.7. The van der Waals surface area contributed by atoms with E-state index in [-0.39, 0.29) is 24.3 Å². The molecule has 0 unspecified atom stereocenters. The molecule has 0 aliphatic carbocycles. The van der Waals surface area contributed by atoms with Crippen molar-refractivity contribution < 1.29 is 23.9 Å². The van der Waals surface area contributed by atoms with Gasteiger partial charge in [0.15, 0.2) is 0 Å². The highest BCUT2D eigenvalue weighted by Crippen LogP contribution is 2.42. The molecule has 2 aromatic rings. The van der Waals surface area contributed by atoms with E-state index in [1.807, 2.05) is 38.1 Å². The molecule has 170 valence electrons. The summed E-state index contributed by atoms with van der Waals surface area (Å²) in [4.78, 5) is 48.4. The minimum atomic E-state index is -4.65. The average molecular weight is 450 g/mol. The van der Waals surface area contributed by atoms with Crippen molar-refractivity contribution in [1.29, 1.82) is 0 Å². The molecule has 0 bridgehead atoms. The number of aromatic nitrogens is 1. The Bertz CT molecular complexity index is 964. The maximum Gasteiger partial charge on any atom is 0.347 e. The van der Waals surface area contributed by atoms with Crippen LogP contribution in [0.5, 0.6) is 0 Å². The van der Waals surface area contributed by atoms with Crippen molar-refractivity contribution in [3.05, 3.63) is 36.0 Å². The number of rotatable bonds is 9. The van der Waals surface area contributed by atoms with E-state index >= 15 is 0 Å². The second kappa shape index (κ2) is 9.96. The highest BCUT2D eigenvalue weighted by atomic mass is 31.2. The van der Waals surface area contributed by atoms with Crippen molar-refractivity contribution >= 4 is 30.3 Å². The van der Waals surface area contributed by atoms with Crippen molar-refractivity contribution in [3.63, 3.8) is 0 Å². The number of hydrogen-bond acceptors (Lipinski definition) is 4. The van der Waals surface area contributed by atoms with Gasteiger partial charge in [-0.1, -0.05) is 32.0 Å². The summed E-state index contributed by atoms with van der Waals surface area (Å²) in [7, 11) is -4.65. The highest BCUT2D eigenvalue weighted by molar-refractivity contribution is 7.52. The minimum absolute atomic E-state index is 0.0352. The van der Waals surface area contributed by atoms with Crippen molar-refractivity contribution in [3.8, 4) is 0 Å². The zero-order valence-electron chi connectivity index (χ0n) is 17.8. The van der Waals surface area contributed by atoms with Gasteiger partial charge in [0.25, 0.3) is 0 Å². The quantitative estimate of drug-likeness (QED) is 0.320. The van der Waals surface area contributed by atoms with Gasteiger partial charge in [0, 0.05) is 23.5 Å². The van der Waals surface area contributed by atoms with Gasteiger partial charge < -0.3 is 30.7 Å². The van der Waals surface area contributed by atoms with Crippen LogP contribution in [0.4, 0.5) is 0 Å². The van der Waals surface area contributed by atoms with Crippen LogP contribution in [0.1, 0.15) is 38.7 Å². The molecule has 3 rings (SSSR count). The molecule has 1 saturated heterocycles.